The van der Waals surface area contributed by atoms with Crippen LogP contribution >= 0.6 is 0 Å². The first-order chi connectivity index (χ1) is 9.58. The molecule has 0 aromatic heterocycles. The van der Waals surface area contributed by atoms with E-state index < -0.39 is 0 Å². The van der Waals surface area contributed by atoms with Crippen LogP contribution < -0.4 is 4.90 Å². The van der Waals surface area contributed by atoms with Gasteiger partial charge in [0.05, 0.1) is 0 Å². The van der Waals surface area contributed by atoms with E-state index in [1.54, 1.807) is 6.92 Å². The van der Waals surface area contributed by atoms with Gasteiger partial charge >= 0.3 is 0 Å². The molecular formula is C18H21NO. The second-order valence-corrected chi connectivity index (χ2v) is 5.20. The van der Waals surface area contributed by atoms with Gasteiger partial charge in [-0.1, -0.05) is 48.0 Å². The number of anilines is 1. The van der Waals surface area contributed by atoms with Crippen molar-refractivity contribution in [1.82, 2.24) is 0 Å². The molecule has 0 fully saturated rings. The summed E-state index contributed by atoms with van der Waals surface area (Å²) >= 11 is 0. The topological polar surface area (TPSA) is 20.3 Å². The average Bonchev–Trinajstić information content (AvgIpc) is 2.42. The Morgan fingerprint density at radius 2 is 1.75 bits per heavy atom. The second kappa shape index (κ2) is 6.38. The summed E-state index contributed by atoms with van der Waals surface area (Å²) in [5.41, 5.74) is 4.63. The molecule has 104 valence electrons. The van der Waals surface area contributed by atoms with Gasteiger partial charge in [-0.3, -0.25) is 4.79 Å². The summed E-state index contributed by atoms with van der Waals surface area (Å²) in [6.07, 6.45) is 0.869. The van der Waals surface area contributed by atoms with Crippen LogP contribution in [0.4, 0.5) is 5.69 Å². The lowest BCUT2D eigenvalue weighted by molar-refractivity contribution is -0.116. The van der Waals surface area contributed by atoms with Gasteiger partial charge in [0.2, 0.25) is 5.91 Å². The molecule has 0 atom stereocenters. The maximum absolute atomic E-state index is 11.9. The largest absolute Gasteiger partial charge is 0.312 e. The third-order valence-corrected chi connectivity index (χ3v) is 3.49. The van der Waals surface area contributed by atoms with E-state index in [0.717, 1.165) is 17.7 Å². The zero-order valence-corrected chi connectivity index (χ0v) is 12.4. The van der Waals surface area contributed by atoms with Gasteiger partial charge < -0.3 is 4.90 Å². The van der Waals surface area contributed by atoms with E-state index in [1.807, 2.05) is 29.2 Å². The quantitative estimate of drug-likeness (QED) is 0.822. The molecule has 2 aromatic rings. The molecule has 2 aromatic carbocycles. The van der Waals surface area contributed by atoms with Crippen molar-refractivity contribution in [2.45, 2.75) is 27.2 Å². The number of nitrogens with zero attached hydrogens (tertiary/aromatic N) is 1. The Bertz CT molecular complexity index is 590. The highest BCUT2D eigenvalue weighted by Gasteiger charge is 2.13. The molecule has 0 aliphatic rings. The molecule has 0 radical (unpaired) electrons. The summed E-state index contributed by atoms with van der Waals surface area (Å²) in [7, 11) is 0. The fourth-order valence-electron chi connectivity index (χ4n) is 2.44. The van der Waals surface area contributed by atoms with Crippen molar-refractivity contribution in [3.05, 3.63) is 65.2 Å². The number of amides is 1. The minimum atomic E-state index is 0.0906. The molecule has 2 rings (SSSR count). The summed E-state index contributed by atoms with van der Waals surface area (Å²) in [5, 5.41) is 0. The monoisotopic (exact) mass is 267 g/mol. The van der Waals surface area contributed by atoms with Gasteiger partial charge in [-0.25, -0.2) is 0 Å². The fraction of sp³-hybridized carbons (Fsp3) is 0.278. The number of hydrogen-bond acceptors (Lipinski definition) is 1. The van der Waals surface area contributed by atoms with Crippen molar-refractivity contribution >= 4 is 11.6 Å². The summed E-state index contributed by atoms with van der Waals surface area (Å²) in [5.74, 6) is 0.0906. The predicted molar refractivity (Wildman–Crippen MR) is 84.1 cm³/mol. The standard InChI is InChI=1S/C18H21NO/c1-14-9-10-18(15(2)13-14)19(16(3)20)12-11-17-7-5-4-6-8-17/h4-10,13H,11-12H2,1-3H3. The molecule has 2 heteroatoms. The molecule has 1 amide bonds. The van der Waals surface area contributed by atoms with Crippen LogP contribution in [0.25, 0.3) is 0 Å². The lowest BCUT2D eigenvalue weighted by Crippen LogP contribution is -2.31. The molecule has 0 saturated carbocycles. The number of hydrogen-bond donors (Lipinski definition) is 0. The Hall–Kier alpha value is -2.09. The van der Waals surface area contributed by atoms with Gasteiger partial charge in [0.15, 0.2) is 0 Å². The number of aryl methyl sites for hydroxylation is 2. The van der Waals surface area contributed by atoms with Crippen molar-refractivity contribution in [3.63, 3.8) is 0 Å². The lowest BCUT2D eigenvalue weighted by atomic mass is 10.1. The van der Waals surface area contributed by atoms with Gasteiger partial charge in [-0.2, -0.15) is 0 Å². The van der Waals surface area contributed by atoms with E-state index >= 15 is 0 Å². The second-order valence-electron chi connectivity index (χ2n) is 5.20. The number of carbonyl (C=O) groups is 1. The highest BCUT2D eigenvalue weighted by molar-refractivity contribution is 5.92. The van der Waals surface area contributed by atoms with Crippen LogP contribution in [0, 0.1) is 13.8 Å². The molecule has 0 bridgehead atoms. The first-order valence-corrected chi connectivity index (χ1v) is 6.97. The van der Waals surface area contributed by atoms with E-state index in [4.69, 9.17) is 0 Å². The van der Waals surface area contributed by atoms with Gasteiger partial charge in [-0.15, -0.1) is 0 Å². The van der Waals surface area contributed by atoms with E-state index in [0.29, 0.717) is 6.54 Å². The first kappa shape index (κ1) is 14.3. The van der Waals surface area contributed by atoms with Crippen molar-refractivity contribution in [3.8, 4) is 0 Å². The number of benzene rings is 2. The van der Waals surface area contributed by atoms with Crippen molar-refractivity contribution in [2.24, 2.45) is 0 Å². The summed E-state index contributed by atoms with van der Waals surface area (Å²) in [6, 6.07) is 16.5. The molecule has 0 unspecified atom stereocenters. The Balaban J connectivity index is 2.17. The van der Waals surface area contributed by atoms with Crippen LogP contribution in [0.15, 0.2) is 48.5 Å². The molecule has 0 aliphatic carbocycles. The molecule has 0 spiro atoms. The van der Waals surface area contributed by atoms with Crippen LogP contribution in [0.1, 0.15) is 23.6 Å². The van der Waals surface area contributed by atoms with Crippen molar-refractivity contribution in [2.75, 3.05) is 11.4 Å². The Kier molecular flexibility index (Phi) is 4.57. The van der Waals surface area contributed by atoms with E-state index in [2.05, 4.69) is 38.1 Å². The molecule has 20 heavy (non-hydrogen) atoms. The minimum Gasteiger partial charge on any atom is -0.312 e. The maximum Gasteiger partial charge on any atom is 0.223 e. The maximum atomic E-state index is 11.9. The SMILES string of the molecule is CC(=O)N(CCc1ccccc1)c1ccc(C)cc1C. The number of rotatable bonds is 4. The zero-order valence-electron chi connectivity index (χ0n) is 12.4. The summed E-state index contributed by atoms with van der Waals surface area (Å²) < 4.78 is 0. The van der Waals surface area contributed by atoms with Crippen LogP contribution in [0.2, 0.25) is 0 Å². The smallest absolute Gasteiger partial charge is 0.223 e. The first-order valence-electron chi connectivity index (χ1n) is 6.97. The molecule has 0 N–H and O–H groups in total. The third kappa shape index (κ3) is 3.47. The van der Waals surface area contributed by atoms with Crippen LogP contribution in [0.5, 0.6) is 0 Å². The molecule has 0 aliphatic heterocycles. The van der Waals surface area contributed by atoms with Crippen LogP contribution in [-0.2, 0) is 11.2 Å². The van der Waals surface area contributed by atoms with Crippen LogP contribution in [-0.4, -0.2) is 12.5 Å². The summed E-state index contributed by atoms with van der Waals surface area (Å²) in [4.78, 5) is 13.8. The molecule has 0 saturated heterocycles. The Morgan fingerprint density at radius 3 is 2.35 bits per heavy atom. The highest BCUT2D eigenvalue weighted by atomic mass is 16.2. The zero-order chi connectivity index (χ0) is 14.5. The lowest BCUT2D eigenvalue weighted by Gasteiger charge is -2.23. The van der Waals surface area contributed by atoms with E-state index in [-0.39, 0.29) is 5.91 Å². The number of carbonyl (C=O) groups excluding carboxylic acids is 1. The Morgan fingerprint density at radius 1 is 1.05 bits per heavy atom. The Labute approximate surface area is 121 Å². The fourth-order valence-corrected chi connectivity index (χ4v) is 2.44. The summed E-state index contributed by atoms with van der Waals surface area (Å²) in [6.45, 7) is 6.47. The average molecular weight is 267 g/mol. The molecular weight excluding hydrogens is 246 g/mol. The van der Waals surface area contributed by atoms with Gasteiger partial charge in [0.1, 0.15) is 0 Å². The minimum absolute atomic E-state index is 0.0906. The van der Waals surface area contributed by atoms with Crippen molar-refractivity contribution < 1.29 is 4.79 Å². The van der Waals surface area contributed by atoms with Crippen LogP contribution in [0.3, 0.4) is 0 Å². The van der Waals surface area contributed by atoms with Crippen molar-refractivity contribution in [1.29, 1.82) is 0 Å². The van der Waals surface area contributed by atoms with Gasteiger partial charge in [0, 0.05) is 19.2 Å². The highest BCUT2D eigenvalue weighted by Crippen LogP contribution is 2.21. The molecule has 2 nitrogen and oxygen atoms in total. The van der Waals surface area contributed by atoms with Gasteiger partial charge in [0.25, 0.3) is 0 Å². The normalized spacial score (nSPS) is 10.3. The molecule has 0 heterocycles. The third-order valence-electron chi connectivity index (χ3n) is 3.49. The van der Waals surface area contributed by atoms with E-state index in [1.165, 1.54) is 11.1 Å². The van der Waals surface area contributed by atoms with Gasteiger partial charge in [-0.05, 0) is 37.5 Å². The van der Waals surface area contributed by atoms with E-state index in [9.17, 15) is 4.79 Å². The predicted octanol–water partition coefficient (Wildman–Crippen LogP) is 3.90.